The largest absolute Gasteiger partial charge is 0.480 e. The van der Waals surface area contributed by atoms with E-state index in [1.54, 1.807) is 25.1 Å². The molecule has 0 aliphatic carbocycles. The molecule has 1 rings (SSSR count). The topological polar surface area (TPSA) is 69.6 Å². The van der Waals surface area contributed by atoms with E-state index in [2.05, 4.69) is 11.2 Å². The van der Waals surface area contributed by atoms with Gasteiger partial charge in [-0.2, -0.15) is 0 Å². The van der Waals surface area contributed by atoms with Crippen molar-refractivity contribution in [3.63, 3.8) is 0 Å². The Kier molecular flexibility index (Phi) is 5.88. The number of urea groups is 1. The molecular weight excluding hydrogens is 280 g/mol. The van der Waals surface area contributed by atoms with Gasteiger partial charge in [-0.15, -0.1) is 6.42 Å². The van der Waals surface area contributed by atoms with Crippen LogP contribution in [-0.2, 0) is 4.79 Å². The standard InChI is InChI=1S/C14H15ClN2O3/c1-3-7-17(9-13(18)19)14(20)16-10(2)11-5-4-6-12(15)8-11/h1,4-6,8,10H,7,9H2,2H3,(H,16,20)(H,18,19). The van der Waals surface area contributed by atoms with Crippen molar-refractivity contribution in [1.82, 2.24) is 10.2 Å². The van der Waals surface area contributed by atoms with E-state index >= 15 is 0 Å². The van der Waals surface area contributed by atoms with Crippen molar-refractivity contribution in [2.45, 2.75) is 13.0 Å². The van der Waals surface area contributed by atoms with Gasteiger partial charge in [0.25, 0.3) is 0 Å². The maximum atomic E-state index is 12.0. The highest BCUT2D eigenvalue weighted by Crippen LogP contribution is 2.17. The number of carbonyl (C=O) groups excluding carboxylic acids is 1. The second-order valence-corrected chi connectivity index (χ2v) is 4.62. The molecule has 5 nitrogen and oxygen atoms in total. The highest BCUT2D eigenvalue weighted by molar-refractivity contribution is 6.30. The van der Waals surface area contributed by atoms with E-state index in [1.807, 2.05) is 6.07 Å². The Hall–Kier alpha value is -2.19. The number of hydrogen-bond acceptors (Lipinski definition) is 2. The maximum absolute atomic E-state index is 12.0. The molecule has 20 heavy (non-hydrogen) atoms. The van der Waals surface area contributed by atoms with Gasteiger partial charge in [0.15, 0.2) is 0 Å². The van der Waals surface area contributed by atoms with Crippen LogP contribution in [0.5, 0.6) is 0 Å². The van der Waals surface area contributed by atoms with Crippen LogP contribution in [0.1, 0.15) is 18.5 Å². The number of halogens is 1. The average molecular weight is 295 g/mol. The van der Waals surface area contributed by atoms with Crippen molar-refractivity contribution < 1.29 is 14.7 Å². The number of nitrogens with zero attached hydrogens (tertiary/aromatic N) is 1. The van der Waals surface area contributed by atoms with Crippen LogP contribution >= 0.6 is 11.6 Å². The summed E-state index contributed by atoms with van der Waals surface area (Å²) in [5.41, 5.74) is 0.821. The second-order valence-electron chi connectivity index (χ2n) is 4.18. The first-order valence-corrected chi connectivity index (χ1v) is 6.28. The Morgan fingerprint density at radius 3 is 2.80 bits per heavy atom. The number of nitrogens with one attached hydrogen (secondary N) is 1. The first-order chi connectivity index (χ1) is 9.43. The number of rotatable bonds is 5. The molecular formula is C14H15ClN2O3. The van der Waals surface area contributed by atoms with E-state index in [9.17, 15) is 9.59 Å². The predicted molar refractivity (Wildman–Crippen MR) is 76.4 cm³/mol. The van der Waals surface area contributed by atoms with Crippen molar-refractivity contribution in [1.29, 1.82) is 0 Å². The molecule has 0 bridgehead atoms. The van der Waals surface area contributed by atoms with Gasteiger partial charge in [-0.25, -0.2) is 4.79 Å². The molecule has 2 N–H and O–H groups in total. The van der Waals surface area contributed by atoms with Crippen molar-refractivity contribution in [2.24, 2.45) is 0 Å². The van der Waals surface area contributed by atoms with Crippen LogP contribution in [0.4, 0.5) is 4.79 Å². The number of hydrogen-bond donors (Lipinski definition) is 2. The molecule has 0 fully saturated rings. The van der Waals surface area contributed by atoms with Gasteiger partial charge in [-0.05, 0) is 24.6 Å². The third kappa shape index (κ3) is 4.82. The van der Waals surface area contributed by atoms with Gasteiger partial charge in [0, 0.05) is 5.02 Å². The van der Waals surface area contributed by atoms with E-state index in [4.69, 9.17) is 23.1 Å². The Balaban J connectivity index is 2.72. The Labute approximate surface area is 122 Å². The smallest absolute Gasteiger partial charge is 0.323 e. The van der Waals surface area contributed by atoms with E-state index in [-0.39, 0.29) is 12.6 Å². The second kappa shape index (κ2) is 7.41. The number of benzene rings is 1. The molecule has 0 spiro atoms. The maximum Gasteiger partial charge on any atom is 0.323 e. The summed E-state index contributed by atoms with van der Waals surface area (Å²) in [6.45, 7) is 1.26. The molecule has 0 radical (unpaired) electrons. The minimum absolute atomic E-state index is 0.0690. The quantitative estimate of drug-likeness (QED) is 0.817. The minimum Gasteiger partial charge on any atom is -0.480 e. The summed E-state index contributed by atoms with van der Waals surface area (Å²) < 4.78 is 0. The fraction of sp³-hybridized carbons (Fsp3) is 0.286. The summed E-state index contributed by atoms with van der Waals surface area (Å²) in [4.78, 5) is 23.7. The van der Waals surface area contributed by atoms with Crippen LogP contribution in [0.15, 0.2) is 24.3 Å². The SMILES string of the molecule is C#CCN(CC(=O)O)C(=O)NC(C)c1cccc(Cl)c1. The van der Waals surface area contributed by atoms with Gasteiger partial charge in [-0.1, -0.05) is 29.7 Å². The molecule has 1 aromatic rings. The number of carbonyl (C=O) groups is 2. The number of aliphatic carboxylic acids is 1. The molecule has 1 aromatic carbocycles. The third-order valence-electron chi connectivity index (χ3n) is 2.58. The number of carboxylic acids is 1. The van der Waals surface area contributed by atoms with Crippen LogP contribution in [0.25, 0.3) is 0 Å². The zero-order valence-electron chi connectivity index (χ0n) is 11.0. The van der Waals surface area contributed by atoms with E-state index in [1.165, 1.54) is 0 Å². The normalized spacial score (nSPS) is 11.2. The number of terminal acetylenes is 1. The van der Waals surface area contributed by atoms with Crippen molar-refractivity contribution in [2.75, 3.05) is 13.1 Å². The van der Waals surface area contributed by atoms with Gasteiger partial charge in [0.2, 0.25) is 0 Å². The Bertz CT molecular complexity index is 539. The van der Waals surface area contributed by atoms with Crippen LogP contribution in [0, 0.1) is 12.3 Å². The van der Waals surface area contributed by atoms with Crippen molar-refractivity contribution >= 4 is 23.6 Å². The van der Waals surface area contributed by atoms with E-state index in [0.717, 1.165) is 10.5 Å². The fourth-order valence-corrected chi connectivity index (χ4v) is 1.81. The van der Waals surface area contributed by atoms with Crippen LogP contribution in [0.2, 0.25) is 5.02 Å². The lowest BCUT2D eigenvalue weighted by Crippen LogP contribution is -2.43. The molecule has 0 heterocycles. The summed E-state index contributed by atoms with van der Waals surface area (Å²) >= 11 is 5.88. The predicted octanol–water partition coefficient (Wildman–Crippen LogP) is 2.13. The summed E-state index contributed by atoms with van der Waals surface area (Å²) in [6, 6.07) is 6.22. The summed E-state index contributed by atoms with van der Waals surface area (Å²) in [7, 11) is 0. The molecule has 0 aliphatic rings. The molecule has 106 valence electrons. The highest BCUT2D eigenvalue weighted by Gasteiger charge is 2.18. The summed E-state index contributed by atoms with van der Waals surface area (Å²) in [5, 5.41) is 12.0. The summed E-state index contributed by atoms with van der Waals surface area (Å²) in [6.07, 6.45) is 5.12. The molecule has 6 heteroatoms. The van der Waals surface area contributed by atoms with Gasteiger partial charge in [-0.3, -0.25) is 4.79 Å². The van der Waals surface area contributed by atoms with Crippen LogP contribution in [0.3, 0.4) is 0 Å². The number of amides is 2. The molecule has 2 amide bonds. The fourth-order valence-electron chi connectivity index (χ4n) is 1.61. The van der Waals surface area contributed by atoms with Gasteiger partial charge in [0.1, 0.15) is 6.54 Å². The van der Waals surface area contributed by atoms with E-state index in [0.29, 0.717) is 5.02 Å². The van der Waals surface area contributed by atoms with Gasteiger partial charge < -0.3 is 15.3 Å². The molecule has 1 unspecified atom stereocenters. The van der Waals surface area contributed by atoms with E-state index < -0.39 is 18.5 Å². The molecule has 0 aromatic heterocycles. The zero-order chi connectivity index (χ0) is 15.1. The van der Waals surface area contributed by atoms with Gasteiger partial charge in [0.05, 0.1) is 12.6 Å². The third-order valence-corrected chi connectivity index (χ3v) is 2.82. The lowest BCUT2D eigenvalue weighted by atomic mass is 10.1. The highest BCUT2D eigenvalue weighted by atomic mass is 35.5. The first kappa shape index (κ1) is 15.9. The molecule has 0 aliphatic heterocycles. The van der Waals surface area contributed by atoms with Crippen molar-refractivity contribution in [3.8, 4) is 12.3 Å². The number of carboxylic acid groups (broad SMARTS) is 1. The first-order valence-electron chi connectivity index (χ1n) is 5.90. The monoisotopic (exact) mass is 294 g/mol. The average Bonchev–Trinajstić information content (AvgIpc) is 2.37. The van der Waals surface area contributed by atoms with Gasteiger partial charge >= 0.3 is 12.0 Å². The van der Waals surface area contributed by atoms with Crippen LogP contribution < -0.4 is 5.32 Å². The lowest BCUT2D eigenvalue weighted by Gasteiger charge is -2.22. The Morgan fingerprint density at radius 1 is 1.55 bits per heavy atom. The lowest BCUT2D eigenvalue weighted by molar-refractivity contribution is -0.137. The van der Waals surface area contributed by atoms with Crippen LogP contribution in [-0.4, -0.2) is 35.1 Å². The molecule has 0 saturated heterocycles. The summed E-state index contributed by atoms with van der Waals surface area (Å²) in [5.74, 6) is 1.14. The molecule has 1 atom stereocenters. The zero-order valence-corrected chi connectivity index (χ0v) is 11.7. The minimum atomic E-state index is -1.12. The molecule has 0 saturated carbocycles. The van der Waals surface area contributed by atoms with Crippen molar-refractivity contribution in [3.05, 3.63) is 34.9 Å². The Morgan fingerprint density at radius 2 is 2.25 bits per heavy atom.